The van der Waals surface area contributed by atoms with Crippen molar-refractivity contribution in [1.29, 1.82) is 0 Å². The average molecular weight is 528 g/mol. The molecule has 3 rings (SSSR count). The number of ether oxygens (including phenoxy) is 2. The predicted molar refractivity (Wildman–Crippen MR) is 163 cm³/mol. The molecule has 3 aromatic rings. The first kappa shape index (κ1) is 30.2. The summed E-state index contributed by atoms with van der Waals surface area (Å²) in [5.74, 6) is 1.30. The Balaban J connectivity index is 1.70. The van der Waals surface area contributed by atoms with Crippen LogP contribution in [-0.2, 0) is 4.79 Å². The van der Waals surface area contributed by atoms with Gasteiger partial charge in [-0.2, -0.15) is 0 Å². The van der Waals surface area contributed by atoms with Crippen LogP contribution < -0.4 is 9.47 Å². The summed E-state index contributed by atoms with van der Waals surface area (Å²) in [6, 6.07) is 26.6. The molecule has 0 bridgehead atoms. The highest BCUT2D eigenvalue weighted by Crippen LogP contribution is 2.34. The van der Waals surface area contributed by atoms with Gasteiger partial charge in [-0.15, -0.1) is 0 Å². The van der Waals surface area contributed by atoms with Crippen molar-refractivity contribution in [2.75, 3.05) is 27.2 Å². The van der Waals surface area contributed by atoms with E-state index in [0.717, 1.165) is 41.8 Å². The van der Waals surface area contributed by atoms with Gasteiger partial charge in [0.25, 0.3) is 0 Å². The van der Waals surface area contributed by atoms with Gasteiger partial charge in [-0.25, -0.2) is 0 Å². The summed E-state index contributed by atoms with van der Waals surface area (Å²) in [5.41, 5.74) is 5.68. The molecule has 4 nitrogen and oxygen atoms in total. The first-order chi connectivity index (χ1) is 19.0. The molecule has 0 aromatic heterocycles. The van der Waals surface area contributed by atoms with Crippen LogP contribution in [0.4, 0.5) is 0 Å². The van der Waals surface area contributed by atoms with Crippen LogP contribution >= 0.6 is 0 Å². The maximum atomic E-state index is 12.4. The van der Waals surface area contributed by atoms with E-state index in [1.54, 1.807) is 0 Å². The van der Waals surface area contributed by atoms with Gasteiger partial charge < -0.3 is 14.4 Å². The molecule has 0 saturated carbocycles. The second-order valence-corrected chi connectivity index (χ2v) is 10.4. The van der Waals surface area contributed by atoms with Crippen LogP contribution in [-0.4, -0.2) is 38.1 Å². The number of likely N-dealkylation sites (N-methyl/N-ethyl adjacent to an activating group) is 1. The average Bonchev–Trinajstić information content (AvgIpc) is 2.94. The van der Waals surface area contributed by atoms with Gasteiger partial charge in [0.2, 0.25) is 0 Å². The van der Waals surface area contributed by atoms with Gasteiger partial charge in [-0.3, -0.25) is 4.79 Å². The second-order valence-electron chi connectivity index (χ2n) is 10.4. The maximum Gasteiger partial charge on any atom is 0.311 e. The quantitative estimate of drug-likeness (QED) is 0.0808. The third kappa shape index (κ3) is 10.4. The number of hydrogen-bond donors (Lipinski definition) is 0. The van der Waals surface area contributed by atoms with E-state index < -0.39 is 0 Å². The number of rotatable bonds is 16. The molecular formula is C35H45NO3. The molecule has 0 atom stereocenters. The first-order valence-corrected chi connectivity index (χ1v) is 14.4. The molecule has 3 aromatic carbocycles. The molecule has 0 heterocycles. The minimum absolute atomic E-state index is 0.155. The SMILES string of the molecule is CCCCCCCCCC(=O)Oc1ccc(/C(=C(/C)c2ccccc2)c2ccc(OCCN(C)C)cc2)cc1. The third-order valence-corrected chi connectivity index (χ3v) is 6.89. The molecule has 0 fully saturated rings. The zero-order valence-corrected chi connectivity index (χ0v) is 24.2. The molecular weight excluding hydrogens is 482 g/mol. The van der Waals surface area contributed by atoms with Crippen molar-refractivity contribution in [1.82, 2.24) is 4.90 Å². The maximum absolute atomic E-state index is 12.4. The van der Waals surface area contributed by atoms with Crippen LogP contribution in [0.2, 0.25) is 0 Å². The van der Waals surface area contributed by atoms with Gasteiger partial charge in [0.15, 0.2) is 0 Å². The largest absolute Gasteiger partial charge is 0.492 e. The van der Waals surface area contributed by atoms with E-state index in [1.165, 1.54) is 43.2 Å². The number of esters is 1. The molecule has 0 spiro atoms. The van der Waals surface area contributed by atoms with E-state index in [-0.39, 0.29) is 5.97 Å². The summed E-state index contributed by atoms with van der Waals surface area (Å²) in [6.45, 7) is 5.90. The van der Waals surface area contributed by atoms with Crippen molar-refractivity contribution < 1.29 is 14.3 Å². The van der Waals surface area contributed by atoms with Crippen molar-refractivity contribution in [3.63, 3.8) is 0 Å². The van der Waals surface area contributed by atoms with Gasteiger partial charge in [-0.1, -0.05) is 100 Å². The molecule has 0 amide bonds. The Morgan fingerprint density at radius 2 is 1.26 bits per heavy atom. The Morgan fingerprint density at radius 3 is 1.85 bits per heavy atom. The lowest BCUT2D eigenvalue weighted by Crippen LogP contribution is -2.19. The first-order valence-electron chi connectivity index (χ1n) is 14.4. The van der Waals surface area contributed by atoms with E-state index in [0.29, 0.717) is 18.8 Å². The molecule has 0 aliphatic carbocycles. The van der Waals surface area contributed by atoms with Crippen LogP contribution in [0, 0.1) is 0 Å². The number of carbonyl (C=O) groups excluding carboxylic acids is 1. The zero-order valence-electron chi connectivity index (χ0n) is 24.2. The molecule has 0 radical (unpaired) electrons. The predicted octanol–water partition coefficient (Wildman–Crippen LogP) is 8.65. The van der Waals surface area contributed by atoms with E-state index in [4.69, 9.17) is 9.47 Å². The van der Waals surface area contributed by atoms with Crippen molar-refractivity contribution in [2.45, 2.75) is 65.2 Å². The van der Waals surface area contributed by atoms with E-state index in [1.807, 2.05) is 56.6 Å². The summed E-state index contributed by atoms with van der Waals surface area (Å²) in [7, 11) is 4.08. The molecule has 208 valence electrons. The monoisotopic (exact) mass is 527 g/mol. The minimum Gasteiger partial charge on any atom is -0.492 e. The van der Waals surface area contributed by atoms with Gasteiger partial charge in [0.05, 0.1) is 0 Å². The fourth-order valence-corrected chi connectivity index (χ4v) is 4.59. The summed E-state index contributed by atoms with van der Waals surface area (Å²) < 4.78 is 11.5. The van der Waals surface area contributed by atoms with Crippen LogP contribution in [0.5, 0.6) is 11.5 Å². The number of allylic oxidation sites excluding steroid dienone is 1. The Hall–Kier alpha value is -3.37. The molecule has 0 N–H and O–H groups in total. The summed E-state index contributed by atoms with van der Waals surface area (Å²) in [6.07, 6.45) is 8.75. The molecule has 4 heteroatoms. The molecule has 0 aliphatic heterocycles. The van der Waals surface area contributed by atoms with Crippen LogP contribution in [0.3, 0.4) is 0 Å². The van der Waals surface area contributed by atoms with Crippen LogP contribution in [0.15, 0.2) is 78.9 Å². The number of unbranched alkanes of at least 4 members (excludes halogenated alkanes) is 6. The van der Waals surface area contributed by atoms with Crippen LogP contribution in [0.1, 0.15) is 81.9 Å². The summed E-state index contributed by atoms with van der Waals surface area (Å²) in [5, 5.41) is 0. The normalized spacial score (nSPS) is 11.8. The Bertz CT molecular complexity index is 1150. The fourth-order valence-electron chi connectivity index (χ4n) is 4.59. The van der Waals surface area contributed by atoms with Gasteiger partial charge in [0.1, 0.15) is 18.1 Å². The molecule has 0 aliphatic rings. The summed E-state index contributed by atoms with van der Waals surface area (Å²) in [4.78, 5) is 14.5. The Morgan fingerprint density at radius 1 is 0.692 bits per heavy atom. The van der Waals surface area contributed by atoms with Crippen molar-refractivity contribution >= 4 is 17.1 Å². The lowest BCUT2D eigenvalue weighted by atomic mass is 9.90. The van der Waals surface area contributed by atoms with Crippen LogP contribution in [0.25, 0.3) is 11.1 Å². The standard InChI is InChI=1S/C35H45NO3/c1-5-6-7-8-9-10-14-17-34(37)39-33-24-20-31(21-25-33)35(28(2)29-15-12-11-13-16-29)30-18-22-32(23-19-30)38-27-26-36(3)4/h11-13,15-16,18-25H,5-10,14,17,26-27H2,1-4H3/b35-28-. The third-order valence-electron chi connectivity index (χ3n) is 6.89. The van der Waals surface area contributed by atoms with E-state index in [2.05, 4.69) is 55.1 Å². The number of hydrogen-bond acceptors (Lipinski definition) is 4. The highest BCUT2D eigenvalue weighted by molar-refractivity contribution is 5.98. The fraction of sp³-hybridized carbons (Fsp3) is 0.400. The van der Waals surface area contributed by atoms with Crippen molar-refractivity contribution in [2.24, 2.45) is 0 Å². The number of benzene rings is 3. The second kappa shape index (κ2) is 16.6. The smallest absolute Gasteiger partial charge is 0.311 e. The topological polar surface area (TPSA) is 38.8 Å². The lowest BCUT2D eigenvalue weighted by Gasteiger charge is -2.16. The van der Waals surface area contributed by atoms with Crippen molar-refractivity contribution in [3.05, 3.63) is 95.6 Å². The zero-order chi connectivity index (χ0) is 27.9. The van der Waals surface area contributed by atoms with Gasteiger partial charge in [0, 0.05) is 13.0 Å². The molecule has 39 heavy (non-hydrogen) atoms. The molecule has 0 saturated heterocycles. The highest BCUT2D eigenvalue weighted by Gasteiger charge is 2.13. The Kier molecular flexibility index (Phi) is 12.8. The molecule has 0 unspecified atom stereocenters. The van der Waals surface area contributed by atoms with Gasteiger partial charge in [-0.05, 0) is 79.5 Å². The van der Waals surface area contributed by atoms with E-state index >= 15 is 0 Å². The van der Waals surface area contributed by atoms with Crippen molar-refractivity contribution in [3.8, 4) is 11.5 Å². The highest BCUT2D eigenvalue weighted by atomic mass is 16.5. The lowest BCUT2D eigenvalue weighted by molar-refractivity contribution is -0.134. The minimum atomic E-state index is -0.155. The number of nitrogens with zero attached hydrogens (tertiary/aromatic N) is 1. The Labute approximate surface area is 235 Å². The summed E-state index contributed by atoms with van der Waals surface area (Å²) >= 11 is 0. The number of carbonyl (C=O) groups is 1. The van der Waals surface area contributed by atoms with E-state index in [9.17, 15) is 4.79 Å². The van der Waals surface area contributed by atoms with Gasteiger partial charge >= 0.3 is 5.97 Å².